The molecule has 0 fully saturated rings. The van der Waals surface area contributed by atoms with Gasteiger partial charge in [-0.05, 0) is 17.7 Å². The van der Waals surface area contributed by atoms with E-state index in [1.165, 1.54) is 6.07 Å². The maximum absolute atomic E-state index is 11.3. The maximum Gasteiger partial charge on any atom is 0.238 e. The molecule has 0 bridgehead atoms. The minimum Gasteiger partial charge on any atom is -0.493 e. The molecule has 5 nitrogen and oxygen atoms in total. The van der Waals surface area contributed by atoms with E-state index in [0.29, 0.717) is 30.8 Å². The quantitative estimate of drug-likeness (QED) is 0.761. The van der Waals surface area contributed by atoms with E-state index in [-0.39, 0.29) is 9.88 Å². The second-order valence-electron chi connectivity index (χ2n) is 3.86. The zero-order chi connectivity index (χ0) is 12.6. The van der Waals surface area contributed by atoms with Gasteiger partial charge in [-0.2, -0.15) is 0 Å². The van der Waals surface area contributed by atoms with Crippen molar-refractivity contribution < 1.29 is 13.2 Å². The van der Waals surface area contributed by atoms with E-state index in [2.05, 4.69) is 0 Å². The lowest BCUT2D eigenvalue weighted by Gasteiger charge is -2.09. The number of rotatable bonds is 3. The molecular formula is C10H12N2O3S2. The largest absolute Gasteiger partial charge is 0.493 e. The number of sulfonamides is 1. The van der Waals surface area contributed by atoms with Crippen LogP contribution in [0, 0.1) is 0 Å². The summed E-state index contributed by atoms with van der Waals surface area (Å²) in [6, 6.07) is 3.01. The zero-order valence-electron chi connectivity index (χ0n) is 8.97. The predicted octanol–water partition coefficient (Wildman–Crippen LogP) is 0.0975. The van der Waals surface area contributed by atoms with Crippen LogP contribution >= 0.6 is 12.2 Å². The topological polar surface area (TPSA) is 95.4 Å². The fourth-order valence-corrected chi connectivity index (χ4v) is 2.61. The minimum atomic E-state index is -3.72. The SMILES string of the molecule is NC(=S)Cc1cc(S(N)(=O)=O)cc2c1OCC2. The van der Waals surface area contributed by atoms with Crippen LogP contribution < -0.4 is 15.6 Å². The van der Waals surface area contributed by atoms with Gasteiger partial charge in [-0.1, -0.05) is 12.2 Å². The van der Waals surface area contributed by atoms with Crippen molar-refractivity contribution in [2.24, 2.45) is 10.9 Å². The van der Waals surface area contributed by atoms with Gasteiger partial charge >= 0.3 is 0 Å². The first-order valence-electron chi connectivity index (χ1n) is 4.97. The molecule has 1 aromatic carbocycles. The van der Waals surface area contributed by atoms with Gasteiger partial charge < -0.3 is 10.5 Å². The lowest BCUT2D eigenvalue weighted by molar-refractivity contribution is 0.354. The van der Waals surface area contributed by atoms with Crippen molar-refractivity contribution in [3.8, 4) is 5.75 Å². The maximum atomic E-state index is 11.3. The Balaban J connectivity index is 2.57. The molecule has 0 aromatic heterocycles. The Morgan fingerprint density at radius 3 is 2.76 bits per heavy atom. The summed E-state index contributed by atoms with van der Waals surface area (Å²) in [7, 11) is -3.72. The van der Waals surface area contributed by atoms with E-state index in [1.54, 1.807) is 6.07 Å². The van der Waals surface area contributed by atoms with Crippen LogP contribution in [-0.4, -0.2) is 20.0 Å². The average molecular weight is 272 g/mol. The van der Waals surface area contributed by atoms with Crippen molar-refractivity contribution in [1.29, 1.82) is 0 Å². The van der Waals surface area contributed by atoms with Gasteiger partial charge in [-0.3, -0.25) is 0 Å². The Morgan fingerprint density at radius 2 is 2.18 bits per heavy atom. The predicted molar refractivity (Wildman–Crippen MR) is 67.5 cm³/mol. The Bertz CT molecular complexity index is 581. The Labute approximate surface area is 105 Å². The van der Waals surface area contributed by atoms with Gasteiger partial charge in [0.25, 0.3) is 0 Å². The summed E-state index contributed by atoms with van der Waals surface area (Å²) in [5.41, 5.74) is 6.99. The summed E-state index contributed by atoms with van der Waals surface area (Å²) in [6.45, 7) is 0.535. The first kappa shape index (κ1) is 12.3. The molecule has 0 aliphatic carbocycles. The molecule has 0 amide bonds. The number of hydrogen-bond donors (Lipinski definition) is 2. The first-order valence-corrected chi connectivity index (χ1v) is 6.93. The van der Waals surface area contributed by atoms with E-state index in [4.69, 9.17) is 27.8 Å². The number of hydrogen-bond acceptors (Lipinski definition) is 4. The van der Waals surface area contributed by atoms with Crippen LogP contribution in [-0.2, 0) is 22.9 Å². The molecule has 0 spiro atoms. The van der Waals surface area contributed by atoms with Crippen LogP contribution in [0.1, 0.15) is 11.1 Å². The first-order chi connectivity index (χ1) is 7.88. The van der Waals surface area contributed by atoms with Gasteiger partial charge in [-0.15, -0.1) is 0 Å². The van der Waals surface area contributed by atoms with Crippen molar-refractivity contribution >= 4 is 27.2 Å². The summed E-state index contributed by atoms with van der Waals surface area (Å²) in [5.74, 6) is 0.685. The Kier molecular flexibility index (Phi) is 3.07. The molecule has 1 aliphatic rings. The molecule has 2 rings (SSSR count). The third-order valence-corrected chi connectivity index (χ3v) is 3.56. The van der Waals surface area contributed by atoms with Gasteiger partial charge in [0.05, 0.1) is 16.5 Å². The van der Waals surface area contributed by atoms with Crippen LogP contribution in [0.4, 0.5) is 0 Å². The summed E-state index contributed by atoms with van der Waals surface area (Å²) in [6.07, 6.45) is 0.976. The standard InChI is InChI=1S/C10H12N2O3S2/c11-9(16)5-7-4-8(17(12,13)14)3-6-1-2-15-10(6)7/h3-4H,1-2,5H2,(H2,11,16)(H2,12,13,14). The van der Waals surface area contributed by atoms with Gasteiger partial charge in [0.1, 0.15) is 5.75 Å². The van der Waals surface area contributed by atoms with Gasteiger partial charge in [0.15, 0.2) is 0 Å². The van der Waals surface area contributed by atoms with E-state index in [0.717, 1.165) is 5.56 Å². The number of ether oxygens (including phenoxy) is 1. The van der Waals surface area contributed by atoms with E-state index >= 15 is 0 Å². The number of primary sulfonamides is 1. The molecule has 1 aromatic rings. The van der Waals surface area contributed by atoms with Crippen LogP contribution in [0.15, 0.2) is 17.0 Å². The molecule has 4 N–H and O–H groups in total. The molecule has 0 saturated carbocycles. The van der Waals surface area contributed by atoms with Gasteiger partial charge in [-0.25, -0.2) is 13.6 Å². The Morgan fingerprint density at radius 1 is 1.47 bits per heavy atom. The van der Waals surface area contributed by atoms with Crippen LogP contribution in [0.5, 0.6) is 5.75 Å². The molecule has 1 heterocycles. The van der Waals surface area contributed by atoms with Crippen molar-refractivity contribution in [3.05, 3.63) is 23.3 Å². The fourth-order valence-electron chi connectivity index (χ4n) is 1.84. The third-order valence-electron chi connectivity index (χ3n) is 2.53. The summed E-state index contributed by atoms with van der Waals surface area (Å²) >= 11 is 4.83. The second kappa shape index (κ2) is 4.25. The molecule has 0 unspecified atom stereocenters. The van der Waals surface area contributed by atoms with Crippen molar-refractivity contribution in [1.82, 2.24) is 0 Å². The number of nitrogens with two attached hydrogens (primary N) is 2. The number of fused-ring (bicyclic) bond motifs is 1. The average Bonchev–Trinajstić information content (AvgIpc) is 2.62. The number of thiocarbonyl (C=S) groups is 1. The highest BCUT2D eigenvalue weighted by molar-refractivity contribution is 7.89. The lowest BCUT2D eigenvalue weighted by Crippen LogP contribution is -2.15. The highest BCUT2D eigenvalue weighted by atomic mass is 32.2. The van der Waals surface area contributed by atoms with Crippen LogP contribution in [0.25, 0.3) is 0 Å². The molecule has 92 valence electrons. The molecule has 0 atom stereocenters. The highest BCUT2D eigenvalue weighted by Gasteiger charge is 2.21. The van der Waals surface area contributed by atoms with E-state index in [9.17, 15) is 8.42 Å². The van der Waals surface area contributed by atoms with Gasteiger partial charge in [0.2, 0.25) is 10.0 Å². The third kappa shape index (κ3) is 2.56. The lowest BCUT2D eigenvalue weighted by atomic mass is 10.1. The van der Waals surface area contributed by atoms with E-state index in [1.807, 2.05) is 0 Å². The van der Waals surface area contributed by atoms with Crippen LogP contribution in [0.3, 0.4) is 0 Å². The smallest absolute Gasteiger partial charge is 0.238 e. The molecule has 7 heteroatoms. The number of benzene rings is 1. The van der Waals surface area contributed by atoms with Gasteiger partial charge in [0, 0.05) is 18.4 Å². The highest BCUT2D eigenvalue weighted by Crippen LogP contribution is 2.32. The van der Waals surface area contributed by atoms with Crippen LogP contribution in [0.2, 0.25) is 0 Å². The van der Waals surface area contributed by atoms with Crippen molar-refractivity contribution in [2.45, 2.75) is 17.7 Å². The van der Waals surface area contributed by atoms with Crippen molar-refractivity contribution in [3.63, 3.8) is 0 Å². The molecule has 0 saturated heterocycles. The Hall–Kier alpha value is -1.18. The summed E-state index contributed by atoms with van der Waals surface area (Å²) in [4.78, 5) is 0.363. The zero-order valence-corrected chi connectivity index (χ0v) is 10.6. The molecule has 1 aliphatic heterocycles. The second-order valence-corrected chi connectivity index (χ2v) is 5.94. The fraction of sp³-hybridized carbons (Fsp3) is 0.300. The molecule has 0 radical (unpaired) electrons. The molecule has 17 heavy (non-hydrogen) atoms. The van der Waals surface area contributed by atoms with Crippen molar-refractivity contribution in [2.75, 3.05) is 6.61 Å². The van der Waals surface area contributed by atoms with E-state index < -0.39 is 10.0 Å². The summed E-state index contributed by atoms with van der Waals surface area (Å²) in [5, 5.41) is 5.12. The molecular weight excluding hydrogens is 260 g/mol. The summed E-state index contributed by atoms with van der Waals surface area (Å²) < 4.78 is 28.1. The normalized spacial score (nSPS) is 14.2. The monoisotopic (exact) mass is 272 g/mol. The minimum absolute atomic E-state index is 0.0769.